The number of aliphatic imine (C=N–C) groups is 1. The average molecular weight is 445 g/mol. The van der Waals surface area contributed by atoms with Gasteiger partial charge in [-0.05, 0) is 37.1 Å². The summed E-state index contributed by atoms with van der Waals surface area (Å²) >= 11 is 0. The molecule has 1 aromatic heterocycles. The number of ether oxygens (including phenoxy) is 1. The Labute approximate surface area is 188 Å². The molecule has 2 saturated heterocycles. The highest BCUT2D eigenvalue weighted by Gasteiger charge is 2.24. The highest BCUT2D eigenvalue weighted by molar-refractivity contribution is 5.83. The van der Waals surface area contributed by atoms with E-state index in [1.165, 1.54) is 6.07 Å². The third-order valence-corrected chi connectivity index (χ3v) is 6.10. The minimum absolute atomic E-state index is 0.192. The van der Waals surface area contributed by atoms with Crippen LogP contribution in [0, 0.1) is 5.82 Å². The molecule has 174 valence electrons. The van der Waals surface area contributed by atoms with Crippen LogP contribution in [0.5, 0.6) is 0 Å². The molecule has 8 nitrogen and oxygen atoms in total. The van der Waals surface area contributed by atoms with Crippen LogP contribution in [0.1, 0.15) is 12.5 Å². The number of rotatable bonds is 6. The van der Waals surface area contributed by atoms with E-state index in [-0.39, 0.29) is 11.7 Å². The van der Waals surface area contributed by atoms with Crippen molar-refractivity contribution >= 4 is 22.8 Å². The fourth-order valence-corrected chi connectivity index (χ4v) is 4.29. The van der Waals surface area contributed by atoms with Gasteiger partial charge in [0.2, 0.25) is 5.91 Å². The monoisotopic (exact) mass is 444 g/mol. The van der Waals surface area contributed by atoms with Gasteiger partial charge in [0.05, 0.1) is 19.8 Å². The smallest absolute Gasteiger partial charge is 0.236 e. The largest absolute Gasteiger partial charge is 0.378 e. The second-order valence-electron chi connectivity index (χ2n) is 8.25. The van der Waals surface area contributed by atoms with Gasteiger partial charge in [-0.1, -0.05) is 0 Å². The molecule has 0 bridgehead atoms. The number of aromatic amines is 1. The molecule has 2 fully saturated rings. The van der Waals surface area contributed by atoms with Gasteiger partial charge in [0.25, 0.3) is 0 Å². The van der Waals surface area contributed by atoms with Crippen molar-refractivity contribution in [2.45, 2.75) is 13.3 Å². The predicted octanol–water partition coefficient (Wildman–Crippen LogP) is 1.29. The van der Waals surface area contributed by atoms with Crippen molar-refractivity contribution in [1.82, 2.24) is 25.0 Å². The number of amides is 1. The summed E-state index contributed by atoms with van der Waals surface area (Å²) in [5.74, 6) is 0.871. The zero-order valence-electron chi connectivity index (χ0n) is 18.8. The number of morpholine rings is 1. The molecule has 0 unspecified atom stereocenters. The molecule has 3 heterocycles. The molecule has 0 atom stereocenters. The van der Waals surface area contributed by atoms with Crippen molar-refractivity contribution in [3.05, 3.63) is 35.8 Å². The van der Waals surface area contributed by atoms with Crippen molar-refractivity contribution in [3.63, 3.8) is 0 Å². The standard InChI is InChI=1S/C23H33FN6O2/c1-2-25-23(26-6-5-18-16-27-21-4-3-19(24)15-20(18)21)30-9-7-28(8-10-30)17-22(31)29-11-13-32-14-12-29/h3-4,15-16,27H,2,5-14,17H2,1H3,(H,25,26). The Balaban J connectivity index is 1.29. The molecule has 1 amide bonds. The van der Waals surface area contributed by atoms with E-state index < -0.39 is 0 Å². The predicted molar refractivity (Wildman–Crippen MR) is 123 cm³/mol. The summed E-state index contributed by atoms with van der Waals surface area (Å²) in [7, 11) is 0. The number of halogens is 1. The maximum atomic E-state index is 13.6. The number of aromatic nitrogens is 1. The summed E-state index contributed by atoms with van der Waals surface area (Å²) in [5, 5.41) is 4.31. The van der Waals surface area contributed by atoms with Gasteiger partial charge in [0.15, 0.2) is 5.96 Å². The van der Waals surface area contributed by atoms with Crippen LogP contribution in [0.4, 0.5) is 4.39 Å². The van der Waals surface area contributed by atoms with Gasteiger partial charge in [-0.25, -0.2) is 4.39 Å². The number of H-pyrrole nitrogens is 1. The fourth-order valence-electron chi connectivity index (χ4n) is 4.29. The Morgan fingerprint density at radius 2 is 1.94 bits per heavy atom. The van der Waals surface area contributed by atoms with Gasteiger partial charge in [0.1, 0.15) is 5.82 Å². The maximum absolute atomic E-state index is 13.6. The first-order valence-corrected chi connectivity index (χ1v) is 11.5. The molecular formula is C23H33FN6O2. The zero-order chi connectivity index (χ0) is 22.3. The van der Waals surface area contributed by atoms with Gasteiger partial charge in [-0.15, -0.1) is 0 Å². The number of guanidine groups is 1. The van der Waals surface area contributed by atoms with E-state index in [0.717, 1.165) is 61.6 Å². The second-order valence-corrected chi connectivity index (χ2v) is 8.25. The van der Waals surface area contributed by atoms with Gasteiger partial charge < -0.3 is 24.8 Å². The number of fused-ring (bicyclic) bond motifs is 1. The highest BCUT2D eigenvalue weighted by Crippen LogP contribution is 2.20. The van der Waals surface area contributed by atoms with Crippen LogP contribution in [0.3, 0.4) is 0 Å². The summed E-state index contributed by atoms with van der Waals surface area (Å²) in [6.45, 7) is 9.96. The first-order chi connectivity index (χ1) is 15.6. The van der Waals surface area contributed by atoms with E-state index in [4.69, 9.17) is 9.73 Å². The van der Waals surface area contributed by atoms with E-state index in [9.17, 15) is 9.18 Å². The Morgan fingerprint density at radius 3 is 2.69 bits per heavy atom. The summed E-state index contributed by atoms with van der Waals surface area (Å²) < 4.78 is 18.9. The normalized spacial score (nSPS) is 18.4. The van der Waals surface area contributed by atoms with Crippen molar-refractivity contribution in [2.24, 2.45) is 4.99 Å². The third-order valence-electron chi connectivity index (χ3n) is 6.10. The zero-order valence-corrected chi connectivity index (χ0v) is 18.8. The van der Waals surface area contributed by atoms with Crippen LogP contribution < -0.4 is 5.32 Å². The van der Waals surface area contributed by atoms with Crippen LogP contribution >= 0.6 is 0 Å². The molecule has 9 heteroatoms. The van der Waals surface area contributed by atoms with Crippen LogP contribution in [-0.4, -0.2) is 104 Å². The van der Waals surface area contributed by atoms with E-state index in [1.54, 1.807) is 12.1 Å². The number of nitrogens with zero attached hydrogens (tertiary/aromatic N) is 4. The molecule has 2 aliphatic rings. The van der Waals surface area contributed by atoms with Crippen LogP contribution in [-0.2, 0) is 16.0 Å². The number of benzene rings is 1. The lowest BCUT2D eigenvalue weighted by Crippen LogP contribution is -2.55. The van der Waals surface area contributed by atoms with E-state index in [1.807, 2.05) is 11.1 Å². The topological polar surface area (TPSA) is 76.2 Å². The minimum atomic E-state index is -0.222. The summed E-state index contributed by atoms with van der Waals surface area (Å²) in [4.78, 5) is 26.9. The van der Waals surface area contributed by atoms with Crippen LogP contribution in [0.15, 0.2) is 29.4 Å². The number of hydrogen-bond donors (Lipinski definition) is 2. The first-order valence-electron chi connectivity index (χ1n) is 11.5. The highest BCUT2D eigenvalue weighted by atomic mass is 19.1. The summed E-state index contributed by atoms with van der Waals surface area (Å²) in [6.07, 6.45) is 2.68. The van der Waals surface area contributed by atoms with E-state index in [0.29, 0.717) is 39.4 Å². The first kappa shape index (κ1) is 22.5. The molecule has 0 radical (unpaired) electrons. The molecule has 1 aromatic carbocycles. The lowest BCUT2D eigenvalue weighted by atomic mass is 10.1. The lowest BCUT2D eigenvalue weighted by molar-refractivity contribution is -0.136. The third kappa shape index (κ3) is 5.58. The van der Waals surface area contributed by atoms with Gasteiger partial charge in [0, 0.05) is 69.5 Å². The Morgan fingerprint density at radius 1 is 1.16 bits per heavy atom. The van der Waals surface area contributed by atoms with Gasteiger partial charge in [-0.3, -0.25) is 14.7 Å². The molecule has 0 spiro atoms. The number of nitrogens with one attached hydrogen (secondary N) is 2. The SMILES string of the molecule is CCNC(=NCCc1c[nH]c2ccc(F)cc12)N1CCN(CC(=O)N2CCOCC2)CC1. The van der Waals surface area contributed by atoms with Gasteiger partial charge in [-0.2, -0.15) is 0 Å². The minimum Gasteiger partial charge on any atom is -0.378 e. The number of carbonyl (C=O) groups is 1. The average Bonchev–Trinajstić information content (AvgIpc) is 3.21. The molecule has 0 aliphatic carbocycles. The molecule has 2 aromatic rings. The maximum Gasteiger partial charge on any atom is 0.236 e. The Kier molecular flexibility index (Phi) is 7.59. The summed E-state index contributed by atoms with van der Waals surface area (Å²) in [6, 6.07) is 4.82. The van der Waals surface area contributed by atoms with Crippen molar-refractivity contribution < 1.29 is 13.9 Å². The fraction of sp³-hybridized carbons (Fsp3) is 0.565. The molecule has 2 aliphatic heterocycles. The van der Waals surface area contributed by atoms with Crippen LogP contribution in [0.2, 0.25) is 0 Å². The molecule has 4 rings (SSSR count). The quantitative estimate of drug-likeness (QED) is 0.519. The number of carbonyl (C=O) groups excluding carboxylic acids is 1. The van der Waals surface area contributed by atoms with Crippen molar-refractivity contribution in [2.75, 3.05) is 72.1 Å². The van der Waals surface area contributed by atoms with E-state index >= 15 is 0 Å². The second kappa shape index (κ2) is 10.8. The Hall–Kier alpha value is -2.65. The number of hydrogen-bond acceptors (Lipinski definition) is 4. The van der Waals surface area contributed by atoms with E-state index in [2.05, 4.69) is 27.0 Å². The van der Waals surface area contributed by atoms with Crippen molar-refractivity contribution in [1.29, 1.82) is 0 Å². The molecule has 0 saturated carbocycles. The number of piperazine rings is 1. The van der Waals surface area contributed by atoms with Crippen LogP contribution in [0.25, 0.3) is 10.9 Å². The molecular weight excluding hydrogens is 411 g/mol. The van der Waals surface area contributed by atoms with Crippen molar-refractivity contribution in [3.8, 4) is 0 Å². The lowest BCUT2D eigenvalue weighted by Gasteiger charge is -2.37. The molecule has 2 N–H and O–H groups in total. The van der Waals surface area contributed by atoms with Gasteiger partial charge >= 0.3 is 0 Å². The summed E-state index contributed by atoms with van der Waals surface area (Å²) in [5.41, 5.74) is 2.02. The molecule has 32 heavy (non-hydrogen) atoms. The Bertz CT molecular complexity index is 932.